The Bertz CT molecular complexity index is 499. The fourth-order valence-electron chi connectivity index (χ4n) is 2.29. The molecule has 6 heteroatoms. The minimum absolute atomic E-state index is 0.160. The van der Waals surface area contributed by atoms with Crippen molar-refractivity contribution in [1.29, 1.82) is 0 Å². The Labute approximate surface area is 109 Å². The quantitative estimate of drug-likeness (QED) is 0.896. The molecule has 19 heavy (non-hydrogen) atoms. The van der Waals surface area contributed by atoms with Crippen molar-refractivity contribution in [3.05, 3.63) is 29.3 Å². The molecule has 1 N–H and O–H groups in total. The van der Waals surface area contributed by atoms with E-state index in [2.05, 4.69) is 5.32 Å². The molecule has 0 aliphatic carbocycles. The number of anilines is 1. The molecule has 0 spiro atoms. The second kappa shape index (κ2) is 4.85. The first-order chi connectivity index (χ1) is 8.84. The van der Waals surface area contributed by atoms with Crippen molar-refractivity contribution in [1.82, 2.24) is 5.32 Å². The molecule has 1 aromatic rings. The first kappa shape index (κ1) is 13.9. The van der Waals surface area contributed by atoms with E-state index in [0.717, 1.165) is 6.07 Å². The molecule has 1 aromatic carbocycles. The Morgan fingerprint density at radius 2 is 2.05 bits per heavy atom. The number of rotatable bonds is 2. The summed E-state index contributed by atoms with van der Waals surface area (Å²) in [5, 5.41) is 2.86. The van der Waals surface area contributed by atoms with Gasteiger partial charge in [-0.25, -0.2) is 0 Å². The van der Waals surface area contributed by atoms with Crippen LogP contribution in [-0.2, 0) is 11.0 Å². The number of nitrogens with zero attached hydrogens (tertiary/aromatic N) is 1. The lowest BCUT2D eigenvalue weighted by Gasteiger charge is -2.19. The zero-order chi connectivity index (χ0) is 14.2. The van der Waals surface area contributed by atoms with Gasteiger partial charge in [-0.3, -0.25) is 4.79 Å². The number of alkyl halides is 3. The summed E-state index contributed by atoms with van der Waals surface area (Å²) in [5.41, 5.74) is -0.223. The summed E-state index contributed by atoms with van der Waals surface area (Å²) in [5.74, 6) is -0.181. The molecule has 1 unspecified atom stereocenters. The monoisotopic (exact) mass is 272 g/mol. The third-order valence-corrected chi connectivity index (χ3v) is 3.39. The lowest BCUT2D eigenvalue weighted by molar-refractivity contribution is -0.138. The SMILES string of the molecule is CNC1CCN(c2ccc(C)c(C(F)(F)F)c2)C1=O. The Morgan fingerprint density at radius 1 is 1.37 bits per heavy atom. The van der Waals surface area contributed by atoms with Crippen molar-refractivity contribution in [3.8, 4) is 0 Å². The molecular formula is C13H15F3N2O. The molecule has 1 heterocycles. The highest BCUT2D eigenvalue weighted by Gasteiger charge is 2.35. The number of aryl methyl sites for hydroxylation is 1. The van der Waals surface area contributed by atoms with Gasteiger partial charge in [0.2, 0.25) is 5.91 Å². The Kier molecular flexibility index (Phi) is 3.54. The van der Waals surface area contributed by atoms with Crippen LogP contribution in [-0.4, -0.2) is 25.5 Å². The zero-order valence-electron chi connectivity index (χ0n) is 10.7. The van der Waals surface area contributed by atoms with Crippen LogP contribution in [0.25, 0.3) is 0 Å². The first-order valence-corrected chi connectivity index (χ1v) is 6.01. The van der Waals surface area contributed by atoms with Crippen LogP contribution in [0.1, 0.15) is 17.5 Å². The molecule has 0 saturated carbocycles. The third kappa shape index (κ3) is 2.58. The molecule has 1 aliphatic rings. The van der Waals surface area contributed by atoms with E-state index in [0.29, 0.717) is 18.7 Å². The van der Waals surface area contributed by atoms with E-state index < -0.39 is 11.7 Å². The van der Waals surface area contributed by atoms with E-state index in [1.807, 2.05) is 0 Å². The lowest BCUT2D eigenvalue weighted by atomic mass is 10.1. The number of halogens is 3. The number of nitrogens with one attached hydrogen (secondary N) is 1. The maximum atomic E-state index is 12.8. The Balaban J connectivity index is 2.35. The molecular weight excluding hydrogens is 257 g/mol. The van der Waals surface area contributed by atoms with Crippen molar-refractivity contribution < 1.29 is 18.0 Å². The maximum absolute atomic E-state index is 12.8. The second-order valence-electron chi connectivity index (χ2n) is 4.62. The Hall–Kier alpha value is -1.56. The predicted octanol–water partition coefficient (Wildman–Crippen LogP) is 2.34. The molecule has 0 radical (unpaired) electrons. The highest BCUT2D eigenvalue weighted by Crippen LogP contribution is 2.35. The van der Waals surface area contributed by atoms with Gasteiger partial charge in [-0.2, -0.15) is 13.2 Å². The summed E-state index contributed by atoms with van der Waals surface area (Å²) in [6.07, 6.45) is -3.80. The average Bonchev–Trinajstić information content (AvgIpc) is 2.70. The van der Waals surface area contributed by atoms with Crippen molar-refractivity contribution in [3.63, 3.8) is 0 Å². The lowest BCUT2D eigenvalue weighted by Crippen LogP contribution is -2.36. The summed E-state index contributed by atoms with van der Waals surface area (Å²) < 4.78 is 38.5. The van der Waals surface area contributed by atoms with E-state index >= 15 is 0 Å². The molecule has 1 saturated heterocycles. The van der Waals surface area contributed by atoms with Crippen molar-refractivity contribution >= 4 is 11.6 Å². The molecule has 1 atom stereocenters. The van der Waals surface area contributed by atoms with Gasteiger partial charge in [0, 0.05) is 12.2 Å². The van der Waals surface area contributed by atoms with Crippen molar-refractivity contribution in [2.24, 2.45) is 0 Å². The van der Waals surface area contributed by atoms with E-state index in [1.165, 1.54) is 17.9 Å². The average molecular weight is 272 g/mol. The van der Waals surface area contributed by atoms with Gasteiger partial charge in [0.15, 0.2) is 0 Å². The maximum Gasteiger partial charge on any atom is 0.416 e. The van der Waals surface area contributed by atoms with Gasteiger partial charge in [-0.15, -0.1) is 0 Å². The van der Waals surface area contributed by atoms with E-state index in [-0.39, 0.29) is 17.5 Å². The van der Waals surface area contributed by atoms with E-state index in [9.17, 15) is 18.0 Å². The van der Waals surface area contributed by atoms with Crippen LogP contribution in [0.3, 0.4) is 0 Å². The molecule has 1 amide bonds. The number of carbonyl (C=O) groups is 1. The number of hydrogen-bond donors (Lipinski definition) is 1. The normalized spacial score (nSPS) is 20.2. The molecule has 3 nitrogen and oxygen atoms in total. The summed E-state index contributed by atoms with van der Waals surface area (Å²) in [4.78, 5) is 13.4. The fourth-order valence-corrected chi connectivity index (χ4v) is 2.29. The van der Waals surface area contributed by atoms with Crippen LogP contribution >= 0.6 is 0 Å². The predicted molar refractivity (Wildman–Crippen MR) is 66.0 cm³/mol. The number of carbonyl (C=O) groups excluding carboxylic acids is 1. The molecule has 1 aliphatic heterocycles. The minimum Gasteiger partial charge on any atom is -0.311 e. The number of benzene rings is 1. The van der Waals surface area contributed by atoms with Gasteiger partial charge in [0.05, 0.1) is 11.6 Å². The zero-order valence-corrected chi connectivity index (χ0v) is 10.7. The van der Waals surface area contributed by atoms with Crippen LogP contribution in [0.2, 0.25) is 0 Å². The molecule has 0 aromatic heterocycles. The molecule has 1 fully saturated rings. The van der Waals surface area contributed by atoms with Gasteiger partial charge in [-0.1, -0.05) is 6.07 Å². The van der Waals surface area contributed by atoms with Crippen molar-refractivity contribution in [2.45, 2.75) is 25.6 Å². The minimum atomic E-state index is -4.40. The number of amides is 1. The fraction of sp³-hybridized carbons (Fsp3) is 0.462. The van der Waals surface area contributed by atoms with Gasteiger partial charge in [0.1, 0.15) is 0 Å². The van der Waals surface area contributed by atoms with Gasteiger partial charge >= 0.3 is 6.18 Å². The molecule has 0 bridgehead atoms. The summed E-state index contributed by atoms with van der Waals surface area (Å²) >= 11 is 0. The van der Waals surface area contributed by atoms with Crippen molar-refractivity contribution in [2.75, 3.05) is 18.5 Å². The van der Waals surface area contributed by atoms with E-state index in [1.54, 1.807) is 13.1 Å². The topological polar surface area (TPSA) is 32.3 Å². The highest BCUT2D eigenvalue weighted by atomic mass is 19.4. The third-order valence-electron chi connectivity index (χ3n) is 3.39. The number of hydrogen-bond acceptors (Lipinski definition) is 2. The summed E-state index contributed by atoms with van der Waals surface area (Å²) in [6, 6.07) is 3.69. The van der Waals surface area contributed by atoms with Crippen LogP contribution in [0, 0.1) is 6.92 Å². The summed E-state index contributed by atoms with van der Waals surface area (Å²) in [6.45, 7) is 1.85. The smallest absolute Gasteiger partial charge is 0.311 e. The first-order valence-electron chi connectivity index (χ1n) is 6.01. The van der Waals surface area contributed by atoms with Crippen LogP contribution in [0.15, 0.2) is 18.2 Å². The van der Waals surface area contributed by atoms with Crippen LogP contribution in [0.4, 0.5) is 18.9 Å². The largest absolute Gasteiger partial charge is 0.416 e. The highest BCUT2D eigenvalue weighted by molar-refractivity contribution is 5.99. The molecule has 2 rings (SSSR count). The second-order valence-corrected chi connectivity index (χ2v) is 4.62. The van der Waals surface area contributed by atoms with Gasteiger partial charge in [0.25, 0.3) is 0 Å². The van der Waals surface area contributed by atoms with Crippen LogP contribution in [0.5, 0.6) is 0 Å². The standard InChI is InChI=1S/C13H15F3N2O/c1-8-3-4-9(7-10(8)13(14,15)16)18-6-5-11(17-2)12(18)19/h3-4,7,11,17H,5-6H2,1-2H3. The Morgan fingerprint density at radius 3 is 2.58 bits per heavy atom. The summed E-state index contributed by atoms with van der Waals surface area (Å²) in [7, 11) is 1.67. The molecule has 104 valence electrons. The van der Waals surface area contributed by atoms with Gasteiger partial charge < -0.3 is 10.2 Å². The van der Waals surface area contributed by atoms with Crippen LogP contribution < -0.4 is 10.2 Å². The van der Waals surface area contributed by atoms with Gasteiger partial charge in [-0.05, 0) is 38.1 Å². The number of likely N-dealkylation sites (N-methyl/N-ethyl adjacent to an activating group) is 1. The van der Waals surface area contributed by atoms with E-state index in [4.69, 9.17) is 0 Å².